The second kappa shape index (κ2) is 7.28. The molecular weight excluding hydrogens is 328 g/mol. The molecule has 0 atom stereocenters. The number of phenols is 1. The molecule has 1 heterocycles. The zero-order valence-electron chi connectivity index (χ0n) is 15.6. The molecule has 0 aliphatic carbocycles. The third-order valence-corrected chi connectivity index (χ3v) is 4.87. The Labute approximate surface area is 154 Å². The van der Waals surface area contributed by atoms with Crippen LogP contribution in [0.1, 0.15) is 30.5 Å². The summed E-state index contributed by atoms with van der Waals surface area (Å²) in [4.78, 5) is 14.4. The molecule has 3 rings (SSSR count). The number of fused-ring (bicyclic) bond motifs is 1. The van der Waals surface area contributed by atoms with Gasteiger partial charge in [0.15, 0.2) is 0 Å². The van der Waals surface area contributed by atoms with Gasteiger partial charge in [0.25, 0.3) is 0 Å². The van der Waals surface area contributed by atoms with E-state index in [0.29, 0.717) is 32.0 Å². The summed E-state index contributed by atoms with van der Waals surface area (Å²) in [7, 11) is 0. The molecule has 5 nitrogen and oxygen atoms in total. The third kappa shape index (κ3) is 3.93. The molecule has 0 saturated heterocycles. The highest BCUT2D eigenvalue weighted by molar-refractivity contribution is 5.74. The minimum atomic E-state index is -0.160. The van der Waals surface area contributed by atoms with Crippen LogP contribution in [0.3, 0.4) is 0 Å². The summed E-state index contributed by atoms with van der Waals surface area (Å²) < 4.78 is 5.66. The summed E-state index contributed by atoms with van der Waals surface area (Å²) in [6, 6.07) is 13.2. The number of hydrogen-bond acceptors (Lipinski definition) is 3. The largest absolute Gasteiger partial charge is 0.508 e. The van der Waals surface area contributed by atoms with Crippen LogP contribution in [0.2, 0.25) is 0 Å². The molecule has 2 amide bonds. The Hall–Kier alpha value is -2.69. The zero-order valence-corrected chi connectivity index (χ0v) is 15.6. The van der Waals surface area contributed by atoms with Crippen molar-refractivity contribution in [3.8, 4) is 11.5 Å². The summed E-state index contributed by atoms with van der Waals surface area (Å²) in [6.07, 6.45) is 0. The molecule has 2 aromatic rings. The number of aromatic hydroxyl groups is 1. The topological polar surface area (TPSA) is 61.8 Å². The summed E-state index contributed by atoms with van der Waals surface area (Å²) in [5.74, 6) is 0.808. The second-order valence-electron chi connectivity index (χ2n) is 7.42. The molecule has 0 unspecified atom stereocenters. The molecule has 0 fully saturated rings. The lowest BCUT2D eigenvalue weighted by atomic mass is 9.82. The van der Waals surface area contributed by atoms with E-state index in [1.807, 2.05) is 12.1 Å². The Balaban J connectivity index is 1.66. The van der Waals surface area contributed by atoms with Crippen LogP contribution in [0, 0.1) is 6.92 Å². The van der Waals surface area contributed by atoms with Gasteiger partial charge in [0, 0.05) is 23.6 Å². The number of hydrogen-bond donors (Lipinski definition) is 2. The monoisotopic (exact) mass is 354 g/mol. The number of urea groups is 1. The van der Waals surface area contributed by atoms with Gasteiger partial charge in [-0.15, -0.1) is 0 Å². The Morgan fingerprint density at radius 2 is 2.04 bits per heavy atom. The number of phenolic OH excluding ortho intramolecular Hbond substituents is 1. The highest BCUT2D eigenvalue weighted by atomic mass is 16.5. The summed E-state index contributed by atoms with van der Waals surface area (Å²) in [5, 5.41) is 12.7. The van der Waals surface area contributed by atoms with Crippen LogP contribution < -0.4 is 10.1 Å². The van der Waals surface area contributed by atoms with Crippen molar-refractivity contribution < 1.29 is 14.6 Å². The van der Waals surface area contributed by atoms with Crippen LogP contribution in [-0.2, 0) is 12.0 Å². The Morgan fingerprint density at radius 1 is 1.27 bits per heavy atom. The number of ether oxygens (including phenoxy) is 1. The fraction of sp³-hybridized carbons (Fsp3) is 0.381. The third-order valence-electron chi connectivity index (χ3n) is 4.87. The second-order valence-corrected chi connectivity index (χ2v) is 7.42. The highest BCUT2D eigenvalue weighted by Crippen LogP contribution is 2.28. The number of carbonyl (C=O) groups excluding carboxylic acids is 1. The van der Waals surface area contributed by atoms with Crippen LogP contribution in [-0.4, -0.2) is 35.7 Å². The number of rotatable bonds is 3. The van der Waals surface area contributed by atoms with Crippen molar-refractivity contribution in [2.45, 2.75) is 32.7 Å². The van der Waals surface area contributed by atoms with E-state index in [1.54, 1.807) is 23.1 Å². The first-order valence-electron chi connectivity index (χ1n) is 8.90. The van der Waals surface area contributed by atoms with Crippen LogP contribution in [0.5, 0.6) is 11.5 Å². The van der Waals surface area contributed by atoms with Gasteiger partial charge in [-0.3, -0.25) is 0 Å². The van der Waals surface area contributed by atoms with E-state index >= 15 is 0 Å². The van der Waals surface area contributed by atoms with Gasteiger partial charge >= 0.3 is 6.03 Å². The van der Waals surface area contributed by atoms with Crippen molar-refractivity contribution in [1.82, 2.24) is 10.2 Å². The first kappa shape index (κ1) is 18.1. The molecule has 0 radical (unpaired) electrons. The molecule has 0 bridgehead atoms. The molecule has 2 aromatic carbocycles. The van der Waals surface area contributed by atoms with Crippen LogP contribution in [0.25, 0.3) is 0 Å². The van der Waals surface area contributed by atoms with E-state index < -0.39 is 0 Å². The van der Waals surface area contributed by atoms with E-state index in [4.69, 9.17) is 4.74 Å². The van der Waals surface area contributed by atoms with E-state index in [0.717, 1.165) is 5.56 Å². The number of nitrogens with zero attached hydrogens (tertiary/aromatic N) is 1. The maximum absolute atomic E-state index is 12.7. The smallest absolute Gasteiger partial charge is 0.317 e. The lowest BCUT2D eigenvalue weighted by Crippen LogP contribution is -2.45. The molecule has 0 spiro atoms. The first-order valence-corrected chi connectivity index (χ1v) is 8.90. The van der Waals surface area contributed by atoms with Crippen LogP contribution in [0.15, 0.2) is 42.5 Å². The molecule has 0 aromatic heterocycles. The van der Waals surface area contributed by atoms with Crippen molar-refractivity contribution in [1.29, 1.82) is 0 Å². The molecule has 0 saturated carbocycles. The molecule has 138 valence electrons. The van der Waals surface area contributed by atoms with Gasteiger partial charge in [-0.2, -0.15) is 0 Å². The Bertz CT molecular complexity index is 802. The predicted octanol–water partition coefficient (Wildman–Crippen LogP) is 3.58. The molecular formula is C21H26N2O3. The average molecular weight is 354 g/mol. The SMILES string of the molecule is Cc1ccccc1C(C)(C)CNC(=O)N1CCOc2cc(O)ccc2C1. The van der Waals surface area contributed by atoms with Gasteiger partial charge < -0.3 is 20.1 Å². The van der Waals surface area contributed by atoms with Gasteiger partial charge in [0.2, 0.25) is 0 Å². The van der Waals surface area contributed by atoms with Crippen molar-refractivity contribution in [3.05, 3.63) is 59.2 Å². The Morgan fingerprint density at radius 3 is 2.81 bits per heavy atom. The molecule has 1 aliphatic heterocycles. The average Bonchev–Trinajstić information content (AvgIpc) is 2.82. The summed E-state index contributed by atoms with van der Waals surface area (Å²) >= 11 is 0. The standard InChI is InChI=1S/C21H26N2O3/c1-15-6-4-5-7-18(15)21(2,3)14-22-20(25)23-10-11-26-19-12-17(24)9-8-16(19)13-23/h4-9,12,24H,10-11,13-14H2,1-3H3,(H,22,25). The minimum Gasteiger partial charge on any atom is -0.508 e. The van der Waals surface area contributed by atoms with Gasteiger partial charge in [-0.1, -0.05) is 38.1 Å². The van der Waals surface area contributed by atoms with Gasteiger partial charge in [0.05, 0.1) is 13.1 Å². The fourth-order valence-electron chi connectivity index (χ4n) is 3.37. The number of aryl methyl sites for hydroxylation is 1. The van der Waals surface area contributed by atoms with E-state index in [2.05, 4.69) is 38.2 Å². The number of benzene rings is 2. The lowest BCUT2D eigenvalue weighted by molar-refractivity contribution is 0.185. The van der Waals surface area contributed by atoms with Crippen molar-refractivity contribution >= 4 is 6.03 Å². The minimum absolute atomic E-state index is 0.101. The maximum atomic E-state index is 12.7. The summed E-state index contributed by atoms with van der Waals surface area (Å²) in [6.45, 7) is 8.30. The van der Waals surface area contributed by atoms with E-state index in [1.165, 1.54) is 11.1 Å². The fourth-order valence-corrected chi connectivity index (χ4v) is 3.37. The summed E-state index contributed by atoms with van der Waals surface area (Å²) in [5.41, 5.74) is 3.20. The van der Waals surface area contributed by atoms with E-state index in [-0.39, 0.29) is 17.2 Å². The van der Waals surface area contributed by atoms with Gasteiger partial charge in [0.1, 0.15) is 18.1 Å². The lowest BCUT2D eigenvalue weighted by Gasteiger charge is -2.29. The number of nitrogens with one attached hydrogen (secondary N) is 1. The van der Waals surface area contributed by atoms with Crippen molar-refractivity contribution in [2.75, 3.05) is 19.7 Å². The maximum Gasteiger partial charge on any atom is 0.317 e. The van der Waals surface area contributed by atoms with Crippen LogP contribution >= 0.6 is 0 Å². The molecule has 5 heteroatoms. The molecule has 1 aliphatic rings. The van der Waals surface area contributed by atoms with Crippen LogP contribution in [0.4, 0.5) is 4.79 Å². The normalized spacial score (nSPS) is 14.2. The highest BCUT2D eigenvalue weighted by Gasteiger charge is 2.25. The number of carbonyl (C=O) groups is 1. The quantitative estimate of drug-likeness (QED) is 0.886. The van der Waals surface area contributed by atoms with Gasteiger partial charge in [-0.05, 0) is 30.2 Å². The molecule has 26 heavy (non-hydrogen) atoms. The van der Waals surface area contributed by atoms with Crippen molar-refractivity contribution in [3.63, 3.8) is 0 Å². The number of amides is 2. The predicted molar refractivity (Wildman–Crippen MR) is 102 cm³/mol. The Kier molecular flexibility index (Phi) is 5.07. The molecule has 2 N–H and O–H groups in total. The van der Waals surface area contributed by atoms with Gasteiger partial charge in [-0.25, -0.2) is 4.79 Å². The first-order chi connectivity index (χ1) is 12.4. The van der Waals surface area contributed by atoms with E-state index in [9.17, 15) is 9.90 Å². The zero-order chi connectivity index (χ0) is 18.7. The van der Waals surface area contributed by atoms with Crippen molar-refractivity contribution in [2.24, 2.45) is 0 Å².